The van der Waals surface area contributed by atoms with Crippen LogP contribution in [0, 0.1) is 0 Å². The van der Waals surface area contributed by atoms with Crippen LogP contribution in [0.5, 0.6) is 5.75 Å². The van der Waals surface area contributed by atoms with Gasteiger partial charge in [-0.15, -0.1) is 0 Å². The van der Waals surface area contributed by atoms with Gasteiger partial charge in [-0.1, -0.05) is 11.6 Å². The Hall–Kier alpha value is -1.63. The van der Waals surface area contributed by atoms with Gasteiger partial charge in [0, 0.05) is 37.8 Å². The molecule has 6 heteroatoms. The topological polar surface area (TPSA) is 46.5 Å². The minimum atomic E-state index is 0.268. The average molecular weight is 444 g/mol. The van der Waals surface area contributed by atoms with Gasteiger partial charge < -0.3 is 19.2 Å². The molecule has 2 heterocycles. The zero-order valence-corrected chi connectivity index (χ0v) is 19.8. The molecule has 3 fully saturated rings. The fourth-order valence-electron chi connectivity index (χ4n) is 4.98. The Kier molecular flexibility index (Phi) is 9.24. The lowest BCUT2D eigenvalue weighted by atomic mass is 9.98. The van der Waals surface area contributed by atoms with E-state index in [4.69, 9.17) is 14.3 Å². The molecule has 0 N–H and O–H groups in total. The largest absolute Gasteiger partial charge is 0.494 e. The van der Waals surface area contributed by atoms with Crippen molar-refractivity contribution in [3.63, 3.8) is 0 Å². The van der Waals surface area contributed by atoms with Crippen molar-refractivity contribution in [1.29, 1.82) is 0 Å². The molecule has 1 aromatic carbocycles. The van der Waals surface area contributed by atoms with Gasteiger partial charge in [0.15, 0.2) is 0 Å². The van der Waals surface area contributed by atoms with Crippen molar-refractivity contribution in [2.75, 3.05) is 52.5 Å². The number of hydrogen-bond acceptors (Lipinski definition) is 6. The van der Waals surface area contributed by atoms with Gasteiger partial charge in [0.05, 0.1) is 19.8 Å². The molecule has 3 aliphatic rings. The highest BCUT2D eigenvalue weighted by molar-refractivity contribution is 6.01. The van der Waals surface area contributed by atoms with Crippen molar-refractivity contribution in [3.8, 4) is 5.75 Å². The lowest BCUT2D eigenvalue weighted by Crippen LogP contribution is -2.40. The summed E-state index contributed by atoms with van der Waals surface area (Å²) in [5.41, 5.74) is 2.12. The summed E-state index contributed by atoms with van der Waals surface area (Å²) in [6.07, 6.45) is 10.1. The number of morpholine rings is 1. The highest BCUT2D eigenvalue weighted by Crippen LogP contribution is 2.21. The molecule has 178 valence electrons. The minimum Gasteiger partial charge on any atom is -0.494 e. The van der Waals surface area contributed by atoms with Gasteiger partial charge >= 0.3 is 0 Å². The Bertz CT molecular complexity index is 697. The van der Waals surface area contributed by atoms with E-state index in [0.717, 1.165) is 88.3 Å². The Balaban J connectivity index is 1.31. The maximum absolute atomic E-state index is 6.02. The van der Waals surface area contributed by atoms with Gasteiger partial charge in [-0.25, -0.2) is 0 Å². The highest BCUT2D eigenvalue weighted by atomic mass is 16.6. The lowest BCUT2D eigenvalue weighted by Gasteiger charge is -2.27. The van der Waals surface area contributed by atoms with E-state index in [0.29, 0.717) is 0 Å². The summed E-state index contributed by atoms with van der Waals surface area (Å²) >= 11 is 0. The van der Waals surface area contributed by atoms with Crippen LogP contribution in [0.3, 0.4) is 0 Å². The molecular formula is C26H41N3O3. The maximum atomic E-state index is 6.02. The summed E-state index contributed by atoms with van der Waals surface area (Å²) in [5.74, 6) is 0.933. The third-order valence-electron chi connectivity index (χ3n) is 7.08. The van der Waals surface area contributed by atoms with Crippen LogP contribution >= 0.6 is 0 Å². The zero-order valence-electron chi connectivity index (χ0n) is 19.8. The molecule has 1 atom stereocenters. The number of benzene rings is 1. The molecule has 0 unspecified atom stereocenters. The van der Waals surface area contributed by atoms with Crippen molar-refractivity contribution in [2.24, 2.45) is 5.16 Å². The first kappa shape index (κ1) is 23.5. The van der Waals surface area contributed by atoms with Gasteiger partial charge in [0.1, 0.15) is 17.6 Å². The Labute approximate surface area is 193 Å². The SMILES string of the molecule is C[C@@H]1CCCN1CCCOc1ccc(C(CN2CCOCC2)=NOC2CCCCC2)cc1. The molecule has 0 spiro atoms. The molecule has 6 nitrogen and oxygen atoms in total. The fraction of sp³-hybridized carbons (Fsp3) is 0.731. The number of oxime groups is 1. The molecule has 0 aromatic heterocycles. The summed E-state index contributed by atoms with van der Waals surface area (Å²) in [6.45, 7) is 9.74. The Morgan fingerprint density at radius 2 is 1.78 bits per heavy atom. The number of rotatable bonds is 10. The minimum absolute atomic E-state index is 0.268. The molecule has 0 radical (unpaired) electrons. The molecule has 1 saturated carbocycles. The van der Waals surface area contributed by atoms with Crippen molar-refractivity contribution in [1.82, 2.24) is 9.80 Å². The van der Waals surface area contributed by atoms with Gasteiger partial charge in [-0.2, -0.15) is 0 Å². The van der Waals surface area contributed by atoms with E-state index in [1.165, 1.54) is 38.6 Å². The number of hydrogen-bond donors (Lipinski definition) is 0. The molecule has 4 rings (SSSR count). The molecular weight excluding hydrogens is 402 g/mol. The van der Waals surface area contributed by atoms with Crippen molar-refractivity contribution in [3.05, 3.63) is 29.8 Å². The van der Waals surface area contributed by atoms with Crippen LogP contribution in [0.25, 0.3) is 0 Å². The second kappa shape index (κ2) is 12.6. The van der Waals surface area contributed by atoms with E-state index >= 15 is 0 Å². The van der Waals surface area contributed by atoms with E-state index in [1.807, 2.05) is 0 Å². The maximum Gasteiger partial charge on any atom is 0.127 e. The predicted molar refractivity (Wildman–Crippen MR) is 129 cm³/mol. The zero-order chi connectivity index (χ0) is 22.0. The summed E-state index contributed by atoms with van der Waals surface area (Å²) in [7, 11) is 0. The predicted octanol–water partition coefficient (Wildman–Crippen LogP) is 4.33. The summed E-state index contributed by atoms with van der Waals surface area (Å²) in [5, 5.41) is 4.66. The molecule has 2 saturated heterocycles. The molecule has 1 aromatic rings. The first-order valence-corrected chi connectivity index (χ1v) is 12.8. The fourth-order valence-corrected chi connectivity index (χ4v) is 4.98. The number of ether oxygens (including phenoxy) is 2. The number of nitrogens with zero attached hydrogens (tertiary/aromatic N) is 3. The van der Waals surface area contributed by atoms with Gasteiger partial charge in [-0.05, 0) is 82.7 Å². The normalized spacial score (nSPS) is 24.0. The van der Waals surface area contributed by atoms with Crippen LogP contribution in [-0.4, -0.2) is 80.2 Å². The van der Waals surface area contributed by atoms with Gasteiger partial charge in [-0.3, -0.25) is 4.90 Å². The third-order valence-corrected chi connectivity index (χ3v) is 7.08. The summed E-state index contributed by atoms with van der Waals surface area (Å²) < 4.78 is 11.5. The summed E-state index contributed by atoms with van der Waals surface area (Å²) in [4.78, 5) is 11.0. The standard InChI is InChI=1S/C26H41N3O3/c1-22-7-5-14-29(22)15-6-18-31-24-12-10-23(11-13-24)26(21-28-16-19-30-20-17-28)27-32-25-8-3-2-4-9-25/h10-13,22,25H,2-9,14-21H2,1H3/t22-/m1/s1. The molecule has 1 aliphatic carbocycles. The van der Waals surface area contributed by atoms with Crippen LogP contribution < -0.4 is 4.74 Å². The van der Waals surface area contributed by atoms with E-state index in [9.17, 15) is 0 Å². The van der Waals surface area contributed by atoms with Crippen molar-refractivity contribution >= 4 is 5.71 Å². The molecule has 2 aliphatic heterocycles. The third kappa shape index (κ3) is 7.19. The average Bonchev–Trinajstić information content (AvgIpc) is 3.26. The van der Waals surface area contributed by atoms with E-state index < -0.39 is 0 Å². The first-order valence-electron chi connectivity index (χ1n) is 12.8. The second-order valence-electron chi connectivity index (χ2n) is 9.55. The smallest absolute Gasteiger partial charge is 0.127 e. The first-order chi connectivity index (χ1) is 15.8. The Morgan fingerprint density at radius 1 is 1.00 bits per heavy atom. The van der Waals surface area contributed by atoms with Crippen LogP contribution in [0.4, 0.5) is 0 Å². The van der Waals surface area contributed by atoms with Crippen molar-refractivity contribution in [2.45, 2.75) is 70.4 Å². The van der Waals surface area contributed by atoms with E-state index in [2.05, 4.69) is 46.1 Å². The van der Waals surface area contributed by atoms with E-state index in [1.54, 1.807) is 0 Å². The van der Waals surface area contributed by atoms with Crippen LogP contribution in [-0.2, 0) is 9.57 Å². The van der Waals surface area contributed by atoms with Gasteiger partial charge in [0.2, 0.25) is 0 Å². The van der Waals surface area contributed by atoms with Gasteiger partial charge in [0.25, 0.3) is 0 Å². The van der Waals surface area contributed by atoms with Crippen LogP contribution in [0.15, 0.2) is 29.4 Å². The molecule has 32 heavy (non-hydrogen) atoms. The van der Waals surface area contributed by atoms with Crippen LogP contribution in [0.2, 0.25) is 0 Å². The molecule has 0 amide bonds. The lowest BCUT2D eigenvalue weighted by molar-refractivity contribution is 0.0292. The summed E-state index contributed by atoms with van der Waals surface area (Å²) in [6, 6.07) is 9.13. The quantitative estimate of drug-likeness (QED) is 0.306. The highest BCUT2D eigenvalue weighted by Gasteiger charge is 2.20. The van der Waals surface area contributed by atoms with E-state index in [-0.39, 0.29) is 6.10 Å². The van der Waals surface area contributed by atoms with Crippen molar-refractivity contribution < 1.29 is 14.3 Å². The number of likely N-dealkylation sites (tertiary alicyclic amines) is 1. The van der Waals surface area contributed by atoms with Crippen LogP contribution in [0.1, 0.15) is 63.9 Å². The monoisotopic (exact) mass is 443 g/mol. The Morgan fingerprint density at radius 3 is 2.50 bits per heavy atom. The second-order valence-corrected chi connectivity index (χ2v) is 9.55. The molecule has 0 bridgehead atoms.